The number of para-hydroxylation sites is 1. The van der Waals surface area contributed by atoms with Crippen molar-refractivity contribution in [2.75, 3.05) is 12.5 Å². The summed E-state index contributed by atoms with van der Waals surface area (Å²) in [5.41, 5.74) is 7.00. The van der Waals surface area contributed by atoms with Crippen LogP contribution in [0.3, 0.4) is 0 Å². The van der Waals surface area contributed by atoms with Crippen molar-refractivity contribution >= 4 is 30.7 Å². The highest BCUT2D eigenvalue weighted by Gasteiger charge is 2.11. The lowest BCUT2D eigenvalue weighted by Gasteiger charge is -2.15. The van der Waals surface area contributed by atoms with E-state index in [1.807, 2.05) is 17.6 Å². The Labute approximate surface area is 139 Å². The Hall–Kier alpha value is -2.57. The molecule has 1 aromatic carbocycles. The van der Waals surface area contributed by atoms with Crippen LogP contribution in [0.25, 0.3) is 11.2 Å². The molecule has 0 saturated carbocycles. The van der Waals surface area contributed by atoms with E-state index >= 15 is 0 Å². The minimum Gasteiger partial charge on any atom is -0.466 e. The first-order chi connectivity index (χ1) is 11.7. The van der Waals surface area contributed by atoms with Crippen LogP contribution in [0.4, 0.5) is 5.82 Å². The van der Waals surface area contributed by atoms with Crippen molar-refractivity contribution in [3.8, 4) is 5.75 Å². The monoisotopic (exact) mass is 345 g/mol. The van der Waals surface area contributed by atoms with Gasteiger partial charge in [0.2, 0.25) is 0 Å². The van der Waals surface area contributed by atoms with Crippen LogP contribution < -0.4 is 15.8 Å². The Bertz CT molecular complexity index is 854. The third kappa shape index (κ3) is 3.50. The molecule has 9 heteroatoms. The van der Waals surface area contributed by atoms with Crippen LogP contribution in [0, 0.1) is 0 Å². The number of nitrogens with zero attached hydrogens (tertiary/aromatic N) is 4. The Morgan fingerprint density at radius 1 is 1.29 bits per heavy atom. The first kappa shape index (κ1) is 16.3. The third-order valence-electron chi connectivity index (χ3n) is 3.41. The molecule has 2 heterocycles. The van der Waals surface area contributed by atoms with Crippen LogP contribution in [0.5, 0.6) is 5.75 Å². The normalized spacial score (nSPS) is 12.5. The predicted molar refractivity (Wildman–Crippen MR) is 89.5 cm³/mol. The standard InChI is InChI=1S/C15H16N5O3P/c1-10(22-9-23-11-4-2-3-5-12(11)24-21)6-20-8-19-13-14(16)17-7-18-15(13)20/h2-5,7-8,10H,6,9H2,1H3,(H2,16,17,18). The van der Waals surface area contributed by atoms with Crippen LogP contribution in [0.15, 0.2) is 36.9 Å². The van der Waals surface area contributed by atoms with Gasteiger partial charge in [0.1, 0.15) is 17.6 Å². The molecule has 124 valence electrons. The molecule has 3 rings (SSSR count). The number of anilines is 1. The molecule has 0 radical (unpaired) electrons. The fraction of sp³-hybridized carbons (Fsp3) is 0.267. The first-order valence-corrected chi connectivity index (χ1v) is 8.08. The number of fused-ring (bicyclic) bond motifs is 1. The van der Waals surface area contributed by atoms with Crippen LogP contribution in [-0.4, -0.2) is 32.4 Å². The molecule has 2 aromatic heterocycles. The van der Waals surface area contributed by atoms with Gasteiger partial charge in [-0.25, -0.2) is 15.0 Å². The number of hydrogen-bond donors (Lipinski definition) is 1. The maximum Gasteiger partial charge on any atom is 0.196 e. The molecule has 0 aliphatic rings. The van der Waals surface area contributed by atoms with Crippen molar-refractivity contribution < 1.29 is 14.0 Å². The molecular formula is C15H16N5O3P. The lowest BCUT2D eigenvalue weighted by atomic mass is 10.3. The van der Waals surface area contributed by atoms with E-state index in [0.29, 0.717) is 34.6 Å². The molecule has 8 nitrogen and oxygen atoms in total. The highest BCUT2D eigenvalue weighted by Crippen LogP contribution is 2.15. The maximum absolute atomic E-state index is 11.0. The van der Waals surface area contributed by atoms with Crippen molar-refractivity contribution in [3.05, 3.63) is 36.9 Å². The average Bonchev–Trinajstić information content (AvgIpc) is 3.00. The number of benzene rings is 1. The van der Waals surface area contributed by atoms with Gasteiger partial charge in [-0.1, -0.05) is 12.1 Å². The molecule has 0 fully saturated rings. The predicted octanol–water partition coefficient (Wildman–Crippen LogP) is 1.77. The number of rotatable bonds is 7. The second-order valence-corrected chi connectivity index (χ2v) is 5.79. The van der Waals surface area contributed by atoms with Gasteiger partial charge in [-0.2, -0.15) is 0 Å². The van der Waals surface area contributed by atoms with Crippen molar-refractivity contribution in [1.29, 1.82) is 0 Å². The second-order valence-electron chi connectivity index (χ2n) is 5.13. The van der Waals surface area contributed by atoms with Crippen molar-refractivity contribution in [2.24, 2.45) is 0 Å². The molecule has 0 spiro atoms. The number of nitrogen functional groups attached to an aromatic ring is 1. The van der Waals surface area contributed by atoms with E-state index in [9.17, 15) is 4.57 Å². The van der Waals surface area contributed by atoms with Gasteiger partial charge in [0, 0.05) is 0 Å². The lowest BCUT2D eigenvalue weighted by Crippen LogP contribution is -2.20. The largest absolute Gasteiger partial charge is 0.466 e. The topological polar surface area (TPSA) is 105 Å². The summed E-state index contributed by atoms with van der Waals surface area (Å²) in [5.74, 6) is 0.888. The Balaban J connectivity index is 1.58. The van der Waals surface area contributed by atoms with E-state index in [-0.39, 0.29) is 21.4 Å². The maximum atomic E-state index is 11.0. The number of aromatic nitrogens is 4. The van der Waals surface area contributed by atoms with Crippen molar-refractivity contribution in [2.45, 2.75) is 19.6 Å². The zero-order valence-electron chi connectivity index (χ0n) is 13.0. The zero-order valence-corrected chi connectivity index (χ0v) is 13.9. The molecule has 1 atom stereocenters. The van der Waals surface area contributed by atoms with E-state index in [2.05, 4.69) is 15.0 Å². The van der Waals surface area contributed by atoms with Gasteiger partial charge in [0.15, 0.2) is 26.7 Å². The molecule has 0 aliphatic carbocycles. The minimum atomic E-state index is -0.143. The van der Waals surface area contributed by atoms with Crippen LogP contribution >= 0.6 is 8.46 Å². The first-order valence-electron chi connectivity index (χ1n) is 7.27. The fourth-order valence-corrected chi connectivity index (χ4v) is 2.61. The number of hydrogen-bond acceptors (Lipinski definition) is 7. The molecule has 3 aromatic rings. The summed E-state index contributed by atoms with van der Waals surface area (Å²) in [7, 11) is -0.0864. The van der Waals surface area contributed by atoms with Gasteiger partial charge in [0.25, 0.3) is 0 Å². The van der Waals surface area contributed by atoms with Gasteiger partial charge >= 0.3 is 0 Å². The molecule has 0 aliphatic heterocycles. The molecule has 1 unspecified atom stereocenters. The van der Waals surface area contributed by atoms with E-state index in [4.69, 9.17) is 15.2 Å². The van der Waals surface area contributed by atoms with Crippen LogP contribution in [0.1, 0.15) is 6.92 Å². The van der Waals surface area contributed by atoms with E-state index in [1.54, 1.807) is 24.5 Å². The summed E-state index contributed by atoms with van der Waals surface area (Å²) < 4.78 is 24.1. The summed E-state index contributed by atoms with van der Waals surface area (Å²) in [5, 5.41) is 0.585. The van der Waals surface area contributed by atoms with Crippen molar-refractivity contribution in [3.63, 3.8) is 0 Å². The summed E-state index contributed by atoms with van der Waals surface area (Å²) in [6.45, 7) is 2.51. The highest BCUT2D eigenvalue weighted by molar-refractivity contribution is 7.34. The number of nitrogens with two attached hydrogens (primary N) is 1. The molecule has 0 amide bonds. The Morgan fingerprint density at radius 2 is 2.12 bits per heavy atom. The Morgan fingerprint density at radius 3 is 2.96 bits per heavy atom. The van der Waals surface area contributed by atoms with Gasteiger partial charge in [-0.3, -0.25) is 4.57 Å². The zero-order chi connectivity index (χ0) is 16.9. The summed E-state index contributed by atoms with van der Waals surface area (Å²) >= 11 is 0. The van der Waals surface area contributed by atoms with Gasteiger partial charge in [-0.15, -0.1) is 0 Å². The molecule has 24 heavy (non-hydrogen) atoms. The second kappa shape index (κ2) is 7.33. The van der Waals surface area contributed by atoms with Crippen LogP contribution in [-0.2, 0) is 15.8 Å². The SMILES string of the molecule is CC(Cn1cnc2c(N)ncnc21)OCOc1ccccc1P=O. The van der Waals surface area contributed by atoms with E-state index < -0.39 is 0 Å². The Kier molecular flexibility index (Phi) is 4.98. The van der Waals surface area contributed by atoms with Gasteiger partial charge in [-0.05, 0) is 19.1 Å². The quantitative estimate of drug-likeness (QED) is 0.514. The van der Waals surface area contributed by atoms with E-state index in [1.165, 1.54) is 6.33 Å². The summed E-state index contributed by atoms with van der Waals surface area (Å²) in [6.07, 6.45) is 2.92. The molecular weight excluding hydrogens is 329 g/mol. The fourth-order valence-electron chi connectivity index (χ4n) is 2.23. The number of ether oxygens (including phenoxy) is 2. The third-order valence-corrected chi connectivity index (χ3v) is 3.98. The molecule has 0 saturated heterocycles. The van der Waals surface area contributed by atoms with Gasteiger partial charge in [0.05, 0.1) is 24.3 Å². The lowest BCUT2D eigenvalue weighted by molar-refractivity contribution is -0.0334. The van der Waals surface area contributed by atoms with E-state index in [0.717, 1.165) is 0 Å². The van der Waals surface area contributed by atoms with Crippen LogP contribution in [0.2, 0.25) is 0 Å². The smallest absolute Gasteiger partial charge is 0.196 e. The molecule has 0 bridgehead atoms. The van der Waals surface area contributed by atoms with Crippen molar-refractivity contribution in [1.82, 2.24) is 19.5 Å². The highest BCUT2D eigenvalue weighted by atomic mass is 31.1. The van der Waals surface area contributed by atoms with Gasteiger partial charge < -0.3 is 19.8 Å². The average molecular weight is 345 g/mol. The summed E-state index contributed by atoms with van der Waals surface area (Å²) in [6, 6.07) is 7.09. The molecule has 2 N–H and O–H groups in total. The minimum absolute atomic E-state index is 0.0530. The summed E-state index contributed by atoms with van der Waals surface area (Å²) in [4.78, 5) is 12.3. The number of imidazole rings is 1.